The van der Waals surface area contributed by atoms with Crippen LogP contribution in [0.3, 0.4) is 0 Å². The van der Waals surface area contributed by atoms with Crippen molar-refractivity contribution < 1.29 is 14.7 Å². The summed E-state index contributed by atoms with van der Waals surface area (Å²) in [6.07, 6.45) is 5.84. The molecular formula is C19H23N5O3. The lowest BCUT2D eigenvalue weighted by molar-refractivity contribution is -0.122. The highest BCUT2D eigenvalue weighted by Crippen LogP contribution is 2.35. The Morgan fingerprint density at radius 1 is 1.41 bits per heavy atom. The Morgan fingerprint density at radius 2 is 2.30 bits per heavy atom. The number of para-hydroxylation sites is 1. The molecule has 1 aromatic heterocycles. The predicted molar refractivity (Wildman–Crippen MR) is 99.2 cm³/mol. The zero-order valence-corrected chi connectivity index (χ0v) is 15.0. The van der Waals surface area contributed by atoms with Crippen molar-refractivity contribution in [3.8, 4) is 0 Å². The van der Waals surface area contributed by atoms with Crippen LogP contribution in [0, 0.1) is 0 Å². The molecule has 0 bridgehead atoms. The molecule has 142 valence electrons. The summed E-state index contributed by atoms with van der Waals surface area (Å²) in [4.78, 5) is 25.4. The van der Waals surface area contributed by atoms with E-state index in [-0.39, 0.29) is 18.4 Å². The number of aliphatic hydroxyl groups is 1. The number of hydrogen-bond acceptors (Lipinski definition) is 5. The number of carbonyl (C=O) groups is 2. The van der Waals surface area contributed by atoms with Crippen molar-refractivity contribution in [1.29, 1.82) is 0 Å². The molecule has 0 unspecified atom stereocenters. The van der Waals surface area contributed by atoms with Crippen molar-refractivity contribution in [1.82, 2.24) is 20.4 Å². The topological polar surface area (TPSA) is 108 Å². The Bertz CT molecular complexity index is 870. The van der Waals surface area contributed by atoms with Crippen LogP contribution in [0.1, 0.15) is 34.3 Å². The number of rotatable bonds is 5. The van der Waals surface area contributed by atoms with Crippen molar-refractivity contribution in [3.05, 3.63) is 47.3 Å². The van der Waals surface area contributed by atoms with Gasteiger partial charge in [0.1, 0.15) is 5.54 Å². The molecule has 1 saturated heterocycles. The van der Waals surface area contributed by atoms with E-state index < -0.39 is 5.54 Å². The van der Waals surface area contributed by atoms with Crippen LogP contribution in [0.25, 0.3) is 0 Å². The molecule has 0 saturated carbocycles. The van der Waals surface area contributed by atoms with E-state index in [4.69, 9.17) is 5.11 Å². The minimum Gasteiger partial charge on any atom is -0.394 e. The van der Waals surface area contributed by atoms with E-state index in [1.807, 2.05) is 12.1 Å². The Labute approximate surface area is 157 Å². The predicted octanol–water partition coefficient (Wildman–Crippen LogP) is 0.422. The van der Waals surface area contributed by atoms with Crippen LogP contribution in [0.15, 0.2) is 30.6 Å². The average molecular weight is 369 g/mol. The second kappa shape index (κ2) is 7.13. The van der Waals surface area contributed by atoms with Crippen LogP contribution in [-0.4, -0.2) is 45.4 Å². The van der Waals surface area contributed by atoms with Crippen molar-refractivity contribution in [2.75, 3.05) is 18.5 Å². The van der Waals surface area contributed by atoms with Gasteiger partial charge in [-0.1, -0.05) is 12.1 Å². The summed E-state index contributed by atoms with van der Waals surface area (Å²) in [5.41, 5.74) is 2.36. The molecule has 0 radical (unpaired) electrons. The first kappa shape index (κ1) is 17.7. The van der Waals surface area contributed by atoms with E-state index >= 15 is 0 Å². The molecule has 4 N–H and O–H groups in total. The van der Waals surface area contributed by atoms with Gasteiger partial charge in [0, 0.05) is 24.7 Å². The summed E-state index contributed by atoms with van der Waals surface area (Å²) in [6, 6.07) is 5.54. The smallest absolute Gasteiger partial charge is 0.253 e. The summed E-state index contributed by atoms with van der Waals surface area (Å²) < 4.78 is 1.63. The molecule has 2 aliphatic rings. The SMILES string of the molecule is O=C(NCc1cnn(CCO)c1)c1cccc2c1NC(=O)[C@]1(CCCN1)C2. The number of anilines is 1. The van der Waals surface area contributed by atoms with E-state index in [9.17, 15) is 9.59 Å². The van der Waals surface area contributed by atoms with Crippen molar-refractivity contribution in [2.24, 2.45) is 0 Å². The van der Waals surface area contributed by atoms with Crippen molar-refractivity contribution >= 4 is 17.5 Å². The lowest BCUT2D eigenvalue weighted by atomic mass is 9.83. The summed E-state index contributed by atoms with van der Waals surface area (Å²) >= 11 is 0. The fourth-order valence-corrected chi connectivity index (χ4v) is 3.87. The van der Waals surface area contributed by atoms with Gasteiger partial charge in [0.25, 0.3) is 5.91 Å². The van der Waals surface area contributed by atoms with Gasteiger partial charge in [-0.05, 0) is 31.0 Å². The Hall–Kier alpha value is -2.71. The van der Waals surface area contributed by atoms with Crippen molar-refractivity contribution in [2.45, 2.75) is 37.9 Å². The number of nitrogens with one attached hydrogen (secondary N) is 3. The van der Waals surface area contributed by atoms with Gasteiger partial charge in [-0.2, -0.15) is 5.10 Å². The van der Waals surface area contributed by atoms with E-state index in [0.717, 1.165) is 30.5 Å². The van der Waals surface area contributed by atoms with Crippen LogP contribution in [-0.2, 0) is 24.3 Å². The van der Waals surface area contributed by atoms with Gasteiger partial charge in [-0.25, -0.2) is 0 Å². The highest BCUT2D eigenvalue weighted by atomic mass is 16.3. The second-order valence-electron chi connectivity index (χ2n) is 7.10. The molecule has 27 heavy (non-hydrogen) atoms. The fourth-order valence-electron chi connectivity index (χ4n) is 3.87. The number of hydrogen-bond donors (Lipinski definition) is 4. The lowest BCUT2D eigenvalue weighted by Crippen LogP contribution is -2.55. The maximum atomic E-state index is 12.7. The Morgan fingerprint density at radius 3 is 3.07 bits per heavy atom. The van der Waals surface area contributed by atoms with Gasteiger partial charge in [-0.15, -0.1) is 0 Å². The summed E-state index contributed by atoms with van der Waals surface area (Å²) in [6.45, 7) is 1.60. The third-order valence-electron chi connectivity index (χ3n) is 5.27. The van der Waals surface area contributed by atoms with Crippen LogP contribution in [0.2, 0.25) is 0 Å². The summed E-state index contributed by atoms with van der Waals surface area (Å²) in [5, 5.41) is 22.2. The molecule has 2 aliphatic heterocycles. The lowest BCUT2D eigenvalue weighted by Gasteiger charge is -2.34. The van der Waals surface area contributed by atoms with Crippen LogP contribution in [0.4, 0.5) is 5.69 Å². The van der Waals surface area contributed by atoms with Gasteiger partial charge in [0.2, 0.25) is 5.91 Å². The zero-order chi connectivity index (χ0) is 18.9. The normalized spacial score (nSPS) is 21.1. The molecule has 8 nitrogen and oxygen atoms in total. The minimum atomic E-state index is -0.538. The summed E-state index contributed by atoms with van der Waals surface area (Å²) in [5.74, 6) is -0.296. The van der Waals surface area contributed by atoms with Gasteiger partial charge in [0.05, 0.1) is 30.6 Å². The van der Waals surface area contributed by atoms with E-state index in [1.54, 1.807) is 23.1 Å². The molecule has 1 spiro atoms. The van der Waals surface area contributed by atoms with Crippen molar-refractivity contribution in [3.63, 3.8) is 0 Å². The zero-order valence-electron chi connectivity index (χ0n) is 15.0. The molecule has 8 heteroatoms. The van der Waals surface area contributed by atoms with Gasteiger partial charge in [-0.3, -0.25) is 14.3 Å². The monoisotopic (exact) mass is 369 g/mol. The molecule has 1 atom stereocenters. The molecule has 2 aromatic rings. The number of carbonyl (C=O) groups excluding carboxylic acids is 2. The van der Waals surface area contributed by atoms with Gasteiger partial charge in [0.15, 0.2) is 0 Å². The number of nitrogens with zero attached hydrogens (tertiary/aromatic N) is 2. The third-order valence-corrected chi connectivity index (χ3v) is 5.27. The maximum absolute atomic E-state index is 12.7. The number of aliphatic hydroxyl groups excluding tert-OH is 1. The van der Waals surface area contributed by atoms with Crippen LogP contribution < -0.4 is 16.0 Å². The first-order valence-corrected chi connectivity index (χ1v) is 9.20. The molecule has 3 heterocycles. The standard InChI is InChI=1S/C19H23N5O3/c25-8-7-24-12-13(11-22-24)10-20-17(26)15-4-1-3-14-9-19(5-2-6-21-19)18(27)23-16(14)15/h1,3-4,11-12,21,25H,2,5-10H2,(H,20,26)(H,23,27)/t19-/m0/s1. The molecule has 0 aliphatic carbocycles. The van der Waals surface area contributed by atoms with E-state index in [1.165, 1.54) is 0 Å². The third kappa shape index (κ3) is 3.33. The minimum absolute atomic E-state index is 0.0136. The molecule has 2 amide bonds. The Kier molecular flexibility index (Phi) is 4.67. The Balaban J connectivity index is 1.49. The van der Waals surface area contributed by atoms with Crippen LogP contribution in [0.5, 0.6) is 0 Å². The van der Waals surface area contributed by atoms with Crippen LogP contribution >= 0.6 is 0 Å². The molecule has 4 rings (SSSR count). The average Bonchev–Trinajstić information content (AvgIpc) is 3.31. The van der Waals surface area contributed by atoms with E-state index in [0.29, 0.717) is 30.8 Å². The fraction of sp³-hybridized carbons (Fsp3) is 0.421. The van der Waals surface area contributed by atoms with Gasteiger partial charge < -0.3 is 21.1 Å². The molecular weight excluding hydrogens is 346 g/mol. The largest absolute Gasteiger partial charge is 0.394 e. The second-order valence-corrected chi connectivity index (χ2v) is 7.10. The highest BCUT2D eigenvalue weighted by molar-refractivity contribution is 6.08. The van der Waals surface area contributed by atoms with Gasteiger partial charge >= 0.3 is 0 Å². The molecule has 1 fully saturated rings. The number of amides is 2. The number of fused-ring (bicyclic) bond motifs is 1. The number of aromatic nitrogens is 2. The maximum Gasteiger partial charge on any atom is 0.253 e. The first-order chi connectivity index (χ1) is 13.1. The highest BCUT2D eigenvalue weighted by Gasteiger charge is 2.44. The molecule has 1 aromatic carbocycles. The summed E-state index contributed by atoms with van der Waals surface area (Å²) in [7, 11) is 0. The first-order valence-electron chi connectivity index (χ1n) is 9.20. The van der Waals surface area contributed by atoms with E-state index in [2.05, 4.69) is 21.0 Å². The number of benzene rings is 1. The quantitative estimate of drug-likeness (QED) is 0.611.